The molecule has 42 heavy (non-hydrogen) atoms. The molecule has 2 aliphatic heterocycles. The average molecular weight is 608 g/mol. The van der Waals surface area contributed by atoms with Crippen molar-refractivity contribution in [3.63, 3.8) is 0 Å². The van der Waals surface area contributed by atoms with Crippen molar-refractivity contribution in [2.24, 2.45) is 5.92 Å². The van der Waals surface area contributed by atoms with E-state index in [1.165, 1.54) is 23.2 Å². The van der Waals surface area contributed by atoms with Gasteiger partial charge in [0.15, 0.2) is 0 Å². The number of carbonyl (C=O) groups is 1. The Morgan fingerprint density at radius 2 is 2.00 bits per heavy atom. The number of ether oxygens (including phenoxy) is 1. The van der Waals surface area contributed by atoms with E-state index in [0.29, 0.717) is 42.9 Å². The van der Waals surface area contributed by atoms with Crippen molar-refractivity contribution in [1.82, 2.24) is 19.8 Å². The molecule has 2 aliphatic rings. The summed E-state index contributed by atoms with van der Waals surface area (Å²) in [6.45, 7) is 3.73. The van der Waals surface area contributed by atoms with Crippen LogP contribution < -0.4 is 15.6 Å². The number of carbonyl (C=O) groups excluding carboxylic acids is 1. The maximum atomic E-state index is 15.2. The second kappa shape index (κ2) is 11.9. The Bertz CT molecular complexity index is 1510. The number of amides is 2. The zero-order valence-corrected chi connectivity index (χ0v) is 23.7. The summed E-state index contributed by atoms with van der Waals surface area (Å²) in [5.74, 6) is -0.404. The van der Waals surface area contributed by atoms with Gasteiger partial charge >= 0.3 is 12.2 Å². The van der Waals surface area contributed by atoms with Gasteiger partial charge in [0.25, 0.3) is 0 Å². The highest BCUT2D eigenvalue weighted by atomic mass is 35.5. The van der Waals surface area contributed by atoms with Gasteiger partial charge in [0.05, 0.1) is 29.9 Å². The van der Waals surface area contributed by atoms with Crippen LogP contribution in [0.25, 0.3) is 11.1 Å². The van der Waals surface area contributed by atoms with Gasteiger partial charge in [-0.2, -0.15) is 13.2 Å². The van der Waals surface area contributed by atoms with Crippen LogP contribution in [0.3, 0.4) is 0 Å². The molecule has 2 aromatic heterocycles. The zero-order chi connectivity index (χ0) is 30.2. The monoisotopic (exact) mass is 607 g/mol. The van der Waals surface area contributed by atoms with Gasteiger partial charge in [-0.1, -0.05) is 18.5 Å². The lowest BCUT2D eigenvalue weighted by Gasteiger charge is -2.41. The molecule has 4 heterocycles. The van der Waals surface area contributed by atoms with Gasteiger partial charge < -0.3 is 19.9 Å². The van der Waals surface area contributed by atoms with Crippen LogP contribution in [-0.2, 0) is 6.42 Å². The van der Waals surface area contributed by atoms with Crippen LogP contribution in [0.15, 0.2) is 47.5 Å². The standard InChI is InChI=1S/C29H30ClF4N5O3/c1-3-20-6-19-7-26(40)35-11-22(19)16(2)39(20)28(41)37-25-9-23(30)21(8-24(25)31)18-4-5-27(36-10-18)42-14-17-12-38(13-17)15-29(32,33)34/h4-5,7-11,16-17,20H,3,6,12-15H2,1-2H3,(H,35,40)(H,37,41). The second-order valence-electron chi connectivity index (χ2n) is 10.7. The molecule has 0 radical (unpaired) electrons. The summed E-state index contributed by atoms with van der Waals surface area (Å²) in [7, 11) is 0. The minimum absolute atomic E-state index is 0.0144. The van der Waals surface area contributed by atoms with E-state index >= 15 is 4.39 Å². The minimum atomic E-state index is -4.21. The van der Waals surface area contributed by atoms with E-state index in [9.17, 15) is 22.8 Å². The number of pyridine rings is 2. The van der Waals surface area contributed by atoms with Crippen molar-refractivity contribution in [1.29, 1.82) is 0 Å². The molecule has 2 unspecified atom stereocenters. The molecule has 1 aromatic carbocycles. The average Bonchev–Trinajstić information content (AvgIpc) is 2.91. The number of rotatable bonds is 7. The van der Waals surface area contributed by atoms with Gasteiger partial charge in [-0.25, -0.2) is 14.2 Å². The van der Waals surface area contributed by atoms with E-state index in [4.69, 9.17) is 16.3 Å². The minimum Gasteiger partial charge on any atom is -0.477 e. The Balaban J connectivity index is 1.23. The first-order chi connectivity index (χ1) is 19.9. The fourth-order valence-corrected chi connectivity index (χ4v) is 5.90. The fourth-order valence-electron chi connectivity index (χ4n) is 5.63. The second-order valence-corrected chi connectivity index (χ2v) is 11.1. The molecular weight excluding hydrogens is 578 g/mol. The zero-order valence-electron chi connectivity index (χ0n) is 23.0. The third-order valence-electron chi connectivity index (χ3n) is 7.72. The quantitative estimate of drug-likeness (QED) is 0.320. The Labute approximate surface area is 244 Å². The number of nitrogens with one attached hydrogen (secondary N) is 2. The topological polar surface area (TPSA) is 90.6 Å². The maximum Gasteiger partial charge on any atom is 0.401 e. The molecule has 0 saturated carbocycles. The SMILES string of the molecule is CCC1Cc2cc(=O)[nH]cc2C(C)N1C(=O)Nc1cc(Cl)c(-c2ccc(OCC3CN(CC(F)(F)F)C3)nc2)cc1F. The predicted molar refractivity (Wildman–Crippen MR) is 150 cm³/mol. The van der Waals surface area contributed by atoms with Crippen molar-refractivity contribution in [2.75, 3.05) is 31.6 Å². The summed E-state index contributed by atoms with van der Waals surface area (Å²) in [5, 5.41) is 2.85. The number of alkyl halides is 3. The van der Waals surface area contributed by atoms with Gasteiger partial charge in [-0.3, -0.25) is 9.69 Å². The molecule has 5 rings (SSSR count). The molecule has 1 fully saturated rings. The summed E-state index contributed by atoms with van der Waals surface area (Å²) in [4.78, 5) is 35.0. The summed E-state index contributed by atoms with van der Waals surface area (Å²) in [5.41, 5.74) is 2.33. The first kappa shape index (κ1) is 29.8. The number of hydrogen-bond acceptors (Lipinski definition) is 5. The molecule has 0 bridgehead atoms. The van der Waals surface area contributed by atoms with Crippen molar-refractivity contribution in [3.05, 3.63) is 75.0 Å². The van der Waals surface area contributed by atoms with Gasteiger partial charge in [0.2, 0.25) is 11.4 Å². The Kier molecular flexibility index (Phi) is 8.47. The number of fused-ring (bicyclic) bond motifs is 1. The predicted octanol–water partition coefficient (Wildman–Crippen LogP) is 6.03. The van der Waals surface area contributed by atoms with Crippen molar-refractivity contribution in [2.45, 2.75) is 44.9 Å². The summed E-state index contributed by atoms with van der Waals surface area (Å²) in [6, 6.07) is 6.35. The van der Waals surface area contributed by atoms with E-state index < -0.39 is 24.6 Å². The number of urea groups is 1. The number of anilines is 1. The van der Waals surface area contributed by atoms with Crippen molar-refractivity contribution in [3.8, 4) is 17.0 Å². The number of benzene rings is 1. The fraction of sp³-hybridized carbons (Fsp3) is 0.414. The van der Waals surface area contributed by atoms with Crippen LogP contribution >= 0.6 is 11.6 Å². The van der Waals surface area contributed by atoms with Crippen molar-refractivity contribution < 1.29 is 27.1 Å². The summed E-state index contributed by atoms with van der Waals surface area (Å²) < 4.78 is 58.2. The lowest BCUT2D eigenvalue weighted by Crippen LogP contribution is -2.52. The van der Waals surface area contributed by atoms with Gasteiger partial charge in [-0.15, -0.1) is 0 Å². The van der Waals surface area contributed by atoms with Crippen LogP contribution in [0.4, 0.5) is 28.0 Å². The van der Waals surface area contributed by atoms with Gasteiger partial charge in [0.1, 0.15) is 5.82 Å². The van der Waals surface area contributed by atoms with E-state index in [1.54, 1.807) is 29.3 Å². The molecule has 224 valence electrons. The Morgan fingerprint density at radius 3 is 2.67 bits per heavy atom. The lowest BCUT2D eigenvalue weighted by atomic mass is 9.89. The first-order valence-corrected chi connectivity index (χ1v) is 14.0. The largest absolute Gasteiger partial charge is 0.477 e. The molecule has 2 N–H and O–H groups in total. The number of nitrogens with zero attached hydrogens (tertiary/aromatic N) is 3. The third-order valence-corrected chi connectivity index (χ3v) is 8.03. The van der Waals surface area contributed by atoms with E-state index in [0.717, 1.165) is 11.1 Å². The highest BCUT2D eigenvalue weighted by Gasteiger charge is 2.37. The van der Waals surface area contributed by atoms with Gasteiger partial charge in [-0.05, 0) is 49.1 Å². The Hall–Kier alpha value is -3.64. The van der Waals surface area contributed by atoms with E-state index in [-0.39, 0.29) is 40.9 Å². The highest BCUT2D eigenvalue weighted by Crippen LogP contribution is 2.36. The molecular formula is C29H30ClF4N5O3. The molecule has 0 spiro atoms. The molecule has 2 atom stereocenters. The Morgan fingerprint density at radius 1 is 1.24 bits per heavy atom. The molecule has 13 heteroatoms. The molecule has 3 aromatic rings. The van der Waals surface area contributed by atoms with Crippen LogP contribution in [-0.4, -0.2) is 64.3 Å². The molecule has 8 nitrogen and oxygen atoms in total. The smallest absolute Gasteiger partial charge is 0.401 e. The molecule has 1 saturated heterocycles. The van der Waals surface area contributed by atoms with Crippen LogP contribution in [0.5, 0.6) is 5.88 Å². The number of hydrogen-bond donors (Lipinski definition) is 2. The molecule has 2 amide bonds. The number of halogens is 5. The highest BCUT2D eigenvalue weighted by molar-refractivity contribution is 6.33. The van der Waals surface area contributed by atoms with Crippen LogP contribution in [0.2, 0.25) is 5.02 Å². The number of aromatic nitrogens is 2. The number of likely N-dealkylation sites (tertiary alicyclic amines) is 1. The van der Waals surface area contributed by atoms with Crippen molar-refractivity contribution >= 4 is 23.3 Å². The van der Waals surface area contributed by atoms with E-state index in [2.05, 4.69) is 15.3 Å². The normalized spacial score (nSPS) is 19.3. The number of H-pyrrole nitrogens is 1. The maximum absolute atomic E-state index is 15.2. The van der Waals surface area contributed by atoms with Crippen LogP contribution in [0, 0.1) is 11.7 Å². The summed E-state index contributed by atoms with van der Waals surface area (Å²) in [6.07, 6.45) is 0.0301. The van der Waals surface area contributed by atoms with Crippen LogP contribution in [0.1, 0.15) is 37.4 Å². The summed E-state index contributed by atoms with van der Waals surface area (Å²) >= 11 is 6.49. The van der Waals surface area contributed by atoms with E-state index in [1.807, 2.05) is 13.8 Å². The lowest BCUT2D eigenvalue weighted by molar-refractivity contribution is -0.160. The third kappa shape index (κ3) is 6.54. The molecule has 0 aliphatic carbocycles. The number of aromatic amines is 1. The first-order valence-electron chi connectivity index (χ1n) is 13.6. The van der Waals surface area contributed by atoms with Gasteiger partial charge in [0, 0.05) is 60.7 Å².